The molecule has 1 saturated carbocycles. The number of methoxy groups -OCH3 is 1. The van der Waals surface area contributed by atoms with Crippen molar-refractivity contribution >= 4 is 27.9 Å². The van der Waals surface area contributed by atoms with Crippen molar-refractivity contribution in [3.63, 3.8) is 0 Å². The minimum Gasteiger partial charge on any atom is -0.383 e. The highest BCUT2D eigenvalue weighted by atomic mass is 79.9. The summed E-state index contributed by atoms with van der Waals surface area (Å²) in [7, 11) is 1.66. The van der Waals surface area contributed by atoms with Crippen LogP contribution in [0.3, 0.4) is 0 Å². The van der Waals surface area contributed by atoms with Crippen LogP contribution in [0.5, 0.6) is 0 Å². The van der Waals surface area contributed by atoms with Gasteiger partial charge in [-0.3, -0.25) is 4.90 Å². The molecule has 7 heteroatoms. The summed E-state index contributed by atoms with van der Waals surface area (Å²) >= 11 is 3.32. The molecule has 2 amide bonds. The van der Waals surface area contributed by atoms with Crippen LogP contribution in [0.15, 0.2) is 16.9 Å². The second kappa shape index (κ2) is 5.65. The number of hydrogen-bond donors (Lipinski definition) is 0. The van der Waals surface area contributed by atoms with E-state index in [-0.39, 0.29) is 18.1 Å². The maximum absolute atomic E-state index is 12.6. The molecule has 2 fully saturated rings. The van der Waals surface area contributed by atoms with Gasteiger partial charge in [-0.1, -0.05) is 0 Å². The molecule has 1 aliphatic heterocycles. The summed E-state index contributed by atoms with van der Waals surface area (Å²) in [6, 6.07) is 0.463. The third-order valence-corrected chi connectivity index (χ3v) is 4.40. The average Bonchev–Trinajstić information content (AvgIpc) is 2.99. The molecule has 2 aliphatic rings. The van der Waals surface area contributed by atoms with Gasteiger partial charge in [-0.2, -0.15) is 0 Å². The number of nitrogens with zero attached hydrogens (tertiary/aromatic N) is 4. The van der Waals surface area contributed by atoms with Gasteiger partial charge in [0.1, 0.15) is 0 Å². The molecule has 1 aliphatic carbocycles. The maximum atomic E-state index is 12.6. The van der Waals surface area contributed by atoms with E-state index in [0.29, 0.717) is 19.1 Å². The standard InChI is InChI=1S/C13H17BrN4O2/c1-20-6-5-17-10-3-2-4-11(10)18(13(17)19)12-15-7-9(14)8-16-12/h7-8,10-11H,2-6H2,1H3. The Morgan fingerprint density at radius 3 is 2.75 bits per heavy atom. The first-order valence-corrected chi connectivity index (χ1v) is 7.58. The monoisotopic (exact) mass is 340 g/mol. The van der Waals surface area contributed by atoms with Gasteiger partial charge in [0.15, 0.2) is 0 Å². The minimum absolute atomic E-state index is 0.000859. The molecule has 0 N–H and O–H groups in total. The van der Waals surface area contributed by atoms with E-state index >= 15 is 0 Å². The number of fused-ring (bicyclic) bond motifs is 1. The Hall–Kier alpha value is -1.21. The van der Waals surface area contributed by atoms with Crippen molar-refractivity contribution in [3.05, 3.63) is 16.9 Å². The van der Waals surface area contributed by atoms with Crippen LogP contribution in [0, 0.1) is 0 Å². The second-order valence-corrected chi connectivity index (χ2v) is 6.02. The van der Waals surface area contributed by atoms with E-state index in [2.05, 4.69) is 25.9 Å². The molecule has 0 aromatic carbocycles. The van der Waals surface area contributed by atoms with E-state index in [4.69, 9.17) is 4.74 Å². The SMILES string of the molecule is COCCN1C(=O)N(c2ncc(Br)cn2)C2CCCC21. The van der Waals surface area contributed by atoms with Crippen molar-refractivity contribution in [2.24, 2.45) is 0 Å². The zero-order chi connectivity index (χ0) is 14.1. The molecule has 108 valence electrons. The van der Waals surface area contributed by atoms with E-state index in [0.717, 1.165) is 23.7 Å². The lowest BCUT2D eigenvalue weighted by Crippen LogP contribution is -2.37. The largest absolute Gasteiger partial charge is 0.383 e. The summed E-state index contributed by atoms with van der Waals surface area (Å²) in [5, 5.41) is 0. The summed E-state index contributed by atoms with van der Waals surface area (Å²) < 4.78 is 5.92. The molecule has 1 aromatic heterocycles. The molecular formula is C13H17BrN4O2. The number of aromatic nitrogens is 2. The Balaban J connectivity index is 1.86. The first-order chi connectivity index (χ1) is 9.72. The predicted molar refractivity (Wildman–Crippen MR) is 77.6 cm³/mol. The highest BCUT2D eigenvalue weighted by Gasteiger charge is 2.49. The molecule has 0 spiro atoms. The lowest BCUT2D eigenvalue weighted by molar-refractivity contribution is 0.146. The van der Waals surface area contributed by atoms with Crippen LogP contribution < -0.4 is 4.90 Å². The van der Waals surface area contributed by atoms with Crippen LogP contribution in [0.2, 0.25) is 0 Å². The molecule has 2 unspecified atom stereocenters. The van der Waals surface area contributed by atoms with Gasteiger partial charge >= 0.3 is 6.03 Å². The van der Waals surface area contributed by atoms with Gasteiger partial charge < -0.3 is 9.64 Å². The molecule has 0 radical (unpaired) electrons. The topological polar surface area (TPSA) is 58.6 Å². The zero-order valence-electron chi connectivity index (χ0n) is 11.3. The fraction of sp³-hybridized carbons (Fsp3) is 0.615. The Kier molecular flexibility index (Phi) is 3.89. The number of amides is 2. The number of halogens is 1. The third-order valence-electron chi connectivity index (χ3n) is 3.99. The smallest absolute Gasteiger partial charge is 0.327 e. The highest BCUT2D eigenvalue weighted by molar-refractivity contribution is 9.10. The summed E-state index contributed by atoms with van der Waals surface area (Å²) in [5.74, 6) is 0.495. The molecule has 1 aromatic rings. The van der Waals surface area contributed by atoms with Gasteiger partial charge in [-0.15, -0.1) is 0 Å². The number of ether oxygens (including phenoxy) is 1. The van der Waals surface area contributed by atoms with Gasteiger partial charge in [0.05, 0.1) is 23.2 Å². The summed E-state index contributed by atoms with van der Waals surface area (Å²) in [6.45, 7) is 1.19. The number of rotatable bonds is 4. The highest BCUT2D eigenvalue weighted by Crippen LogP contribution is 2.37. The number of anilines is 1. The quantitative estimate of drug-likeness (QED) is 0.841. The molecule has 1 saturated heterocycles. The molecule has 20 heavy (non-hydrogen) atoms. The second-order valence-electron chi connectivity index (χ2n) is 5.11. The van der Waals surface area contributed by atoms with Crippen LogP contribution in [0.4, 0.5) is 10.7 Å². The van der Waals surface area contributed by atoms with Crippen LogP contribution in [0.1, 0.15) is 19.3 Å². The summed E-state index contributed by atoms with van der Waals surface area (Å²) in [6.07, 6.45) is 6.56. The van der Waals surface area contributed by atoms with E-state index in [9.17, 15) is 4.79 Å². The Morgan fingerprint density at radius 1 is 1.35 bits per heavy atom. The molecular weight excluding hydrogens is 324 g/mol. The van der Waals surface area contributed by atoms with Crippen molar-refractivity contribution in [2.75, 3.05) is 25.2 Å². The van der Waals surface area contributed by atoms with Crippen molar-refractivity contribution in [1.29, 1.82) is 0 Å². The predicted octanol–water partition coefficient (Wildman–Crippen LogP) is 2.05. The van der Waals surface area contributed by atoms with Crippen LogP contribution in [0.25, 0.3) is 0 Å². The number of carbonyl (C=O) groups excluding carboxylic acids is 1. The Labute approximate surface area is 126 Å². The van der Waals surface area contributed by atoms with E-state index in [1.165, 1.54) is 0 Å². The van der Waals surface area contributed by atoms with Gasteiger partial charge in [0.25, 0.3) is 0 Å². The lowest BCUT2D eigenvalue weighted by atomic mass is 10.2. The van der Waals surface area contributed by atoms with Gasteiger partial charge in [0, 0.05) is 26.0 Å². The minimum atomic E-state index is -0.000859. The van der Waals surface area contributed by atoms with Gasteiger partial charge in [-0.25, -0.2) is 14.8 Å². The van der Waals surface area contributed by atoms with Crippen LogP contribution in [-0.2, 0) is 4.74 Å². The van der Waals surface area contributed by atoms with Gasteiger partial charge in [-0.05, 0) is 35.2 Å². The molecule has 0 bridgehead atoms. The normalized spacial score (nSPS) is 25.4. The molecule has 2 atom stereocenters. The van der Waals surface area contributed by atoms with Crippen molar-refractivity contribution < 1.29 is 9.53 Å². The van der Waals surface area contributed by atoms with E-state index in [1.54, 1.807) is 24.4 Å². The number of carbonyl (C=O) groups is 1. The average molecular weight is 341 g/mol. The maximum Gasteiger partial charge on any atom is 0.327 e. The van der Waals surface area contributed by atoms with E-state index in [1.807, 2.05) is 4.90 Å². The summed E-state index contributed by atoms with van der Waals surface area (Å²) in [5.41, 5.74) is 0. The molecule has 6 nitrogen and oxygen atoms in total. The first-order valence-electron chi connectivity index (χ1n) is 6.78. The Bertz CT molecular complexity index is 496. The van der Waals surface area contributed by atoms with Crippen molar-refractivity contribution in [3.8, 4) is 0 Å². The molecule has 2 heterocycles. The van der Waals surface area contributed by atoms with E-state index < -0.39 is 0 Å². The fourth-order valence-corrected chi connectivity index (χ4v) is 3.33. The van der Waals surface area contributed by atoms with Crippen LogP contribution >= 0.6 is 15.9 Å². The van der Waals surface area contributed by atoms with Crippen LogP contribution in [-0.4, -0.2) is 53.2 Å². The number of urea groups is 1. The van der Waals surface area contributed by atoms with Crippen molar-refractivity contribution in [1.82, 2.24) is 14.9 Å². The summed E-state index contributed by atoms with van der Waals surface area (Å²) in [4.78, 5) is 24.8. The van der Waals surface area contributed by atoms with Gasteiger partial charge in [0.2, 0.25) is 5.95 Å². The third kappa shape index (κ3) is 2.29. The zero-order valence-corrected chi connectivity index (χ0v) is 12.9. The first kappa shape index (κ1) is 13.8. The van der Waals surface area contributed by atoms with Crippen molar-refractivity contribution in [2.45, 2.75) is 31.3 Å². The fourth-order valence-electron chi connectivity index (χ4n) is 3.12. The number of hydrogen-bond acceptors (Lipinski definition) is 4. The molecule has 3 rings (SSSR count). The Morgan fingerprint density at radius 2 is 2.05 bits per heavy atom. The lowest BCUT2D eigenvalue weighted by Gasteiger charge is -2.21.